The fourth-order valence-corrected chi connectivity index (χ4v) is 0.267. The molecule has 0 saturated carbocycles. The largest absolute Gasteiger partial charge is 0.322 e. The highest BCUT2D eigenvalue weighted by Crippen LogP contribution is 1.93. The van der Waals surface area contributed by atoms with Crippen molar-refractivity contribution < 1.29 is 0 Å². The van der Waals surface area contributed by atoms with Crippen LogP contribution in [-0.4, -0.2) is 0 Å². The third-order valence-electron chi connectivity index (χ3n) is 0.960. The number of terminal acetylenes is 1. The minimum Gasteiger partial charge on any atom is -0.322 e. The summed E-state index contributed by atoms with van der Waals surface area (Å²) in [5, 5.41) is 2.66. The quantitative estimate of drug-likeness (QED) is 0.418. The second-order valence-corrected chi connectivity index (χ2v) is 1.63. The Kier molecular flexibility index (Phi) is 3.78. The lowest BCUT2D eigenvalue weighted by Crippen LogP contribution is -1.92. The molecule has 0 heterocycles. The Morgan fingerprint density at radius 2 is 2.50 bits per heavy atom. The van der Waals surface area contributed by atoms with E-state index in [2.05, 4.69) is 18.3 Å². The van der Waals surface area contributed by atoms with E-state index >= 15 is 0 Å². The third kappa shape index (κ3) is 3.30. The predicted octanol–water partition coefficient (Wildman–Crippen LogP) is 1.48. The van der Waals surface area contributed by atoms with Crippen molar-refractivity contribution in [3.8, 4) is 12.5 Å². The molecule has 1 N–H and O–H groups in total. The highest BCUT2D eigenvalue weighted by Gasteiger charge is 1.77. The zero-order valence-corrected chi connectivity index (χ0v) is 5.36. The van der Waals surface area contributed by atoms with Crippen molar-refractivity contribution in [2.45, 2.75) is 20.3 Å². The van der Waals surface area contributed by atoms with E-state index in [9.17, 15) is 0 Å². The van der Waals surface area contributed by atoms with Gasteiger partial charge in [0.05, 0.1) is 0 Å². The minimum atomic E-state index is 1.05. The van der Waals surface area contributed by atoms with Gasteiger partial charge in [0.25, 0.3) is 0 Å². The topological polar surface area (TPSA) is 12.0 Å². The molecule has 0 unspecified atom stereocenters. The van der Waals surface area contributed by atoms with Gasteiger partial charge in [-0.25, -0.2) is 0 Å². The lowest BCUT2D eigenvalue weighted by Gasteiger charge is -1.90. The van der Waals surface area contributed by atoms with Crippen LogP contribution < -0.4 is 5.32 Å². The van der Waals surface area contributed by atoms with Gasteiger partial charge in [-0.15, -0.1) is 0 Å². The molecule has 1 nitrogen and oxygen atoms in total. The summed E-state index contributed by atoms with van der Waals surface area (Å²) in [7, 11) is 0. The molecule has 0 aromatic rings. The van der Waals surface area contributed by atoms with Crippen LogP contribution in [0.3, 0.4) is 0 Å². The molecule has 0 atom stereocenters. The molecular formula is C7H11N. The normalized spacial score (nSPS) is 10.4. The van der Waals surface area contributed by atoms with Gasteiger partial charge in [0.2, 0.25) is 0 Å². The molecule has 0 aromatic heterocycles. The molecule has 1 heteroatoms. The van der Waals surface area contributed by atoms with Crippen molar-refractivity contribution >= 4 is 0 Å². The molecule has 0 aromatic carbocycles. The molecule has 0 aliphatic carbocycles. The lowest BCUT2D eigenvalue weighted by atomic mass is 10.3. The standard InChI is InChI=1S/C7H11N/c1-4-7(3)6-8-5-2/h2,6,8H,4H2,1,3H3/b7-6+. The Balaban J connectivity index is 3.45. The van der Waals surface area contributed by atoms with Crippen molar-refractivity contribution in [1.82, 2.24) is 5.32 Å². The summed E-state index contributed by atoms with van der Waals surface area (Å²) in [5.41, 5.74) is 1.27. The number of rotatable bonds is 2. The monoisotopic (exact) mass is 109 g/mol. The summed E-state index contributed by atoms with van der Waals surface area (Å²) in [5.74, 6) is 0. The van der Waals surface area contributed by atoms with Gasteiger partial charge >= 0.3 is 0 Å². The van der Waals surface area contributed by atoms with Crippen LogP contribution in [0.15, 0.2) is 11.8 Å². The molecule has 0 rings (SSSR count). The maximum absolute atomic E-state index is 4.93. The van der Waals surface area contributed by atoms with Gasteiger partial charge in [0, 0.05) is 12.2 Å². The van der Waals surface area contributed by atoms with Crippen molar-refractivity contribution in [3.05, 3.63) is 11.8 Å². The second kappa shape index (κ2) is 4.26. The summed E-state index contributed by atoms with van der Waals surface area (Å²) in [4.78, 5) is 0. The smallest absolute Gasteiger partial charge is 0.00816 e. The van der Waals surface area contributed by atoms with E-state index in [1.165, 1.54) is 5.57 Å². The van der Waals surface area contributed by atoms with E-state index < -0.39 is 0 Å². The number of allylic oxidation sites excluding steroid dienone is 1. The van der Waals surface area contributed by atoms with Crippen LogP contribution in [0.2, 0.25) is 0 Å². The van der Waals surface area contributed by atoms with Gasteiger partial charge in [-0.3, -0.25) is 0 Å². The molecule has 0 saturated heterocycles. The first-order valence-electron chi connectivity index (χ1n) is 2.68. The Bertz CT molecular complexity index is 117. The van der Waals surface area contributed by atoms with Crippen LogP contribution in [0.4, 0.5) is 0 Å². The average molecular weight is 109 g/mol. The minimum absolute atomic E-state index is 1.05. The van der Waals surface area contributed by atoms with Gasteiger partial charge in [-0.2, -0.15) is 0 Å². The second-order valence-electron chi connectivity index (χ2n) is 1.63. The van der Waals surface area contributed by atoms with Crippen LogP contribution in [0, 0.1) is 12.5 Å². The van der Waals surface area contributed by atoms with Crippen LogP contribution in [0.5, 0.6) is 0 Å². The Morgan fingerprint density at radius 1 is 1.88 bits per heavy atom. The SMILES string of the molecule is C#CN/C=C(\C)CC. The fourth-order valence-electron chi connectivity index (χ4n) is 0.267. The van der Waals surface area contributed by atoms with Crippen molar-refractivity contribution in [3.63, 3.8) is 0 Å². The molecular weight excluding hydrogens is 98.1 g/mol. The number of nitrogens with one attached hydrogen (secondary N) is 1. The zero-order chi connectivity index (χ0) is 6.41. The lowest BCUT2D eigenvalue weighted by molar-refractivity contribution is 1.06. The summed E-state index contributed by atoms with van der Waals surface area (Å²) >= 11 is 0. The number of hydrogen-bond donors (Lipinski definition) is 1. The number of hydrogen-bond acceptors (Lipinski definition) is 1. The van der Waals surface area contributed by atoms with E-state index in [-0.39, 0.29) is 0 Å². The Hall–Kier alpha value is -0.900. The van der Waals surface area contributed by atoms with Gasteiger partial charge < -0.3 is 5.32 Å². The Morgan fingerprint density at radius 3 is 2.88 bits per heavy atom. The summed E-state index contributed by atoms with van der Waals surface area (Å²) < 4.78 is 0. The molecule has 8 heavy (non-hydrogen) atoms. The van der Waals surface area contributed by atoms with Crippen LogP contribution in [0.1, 0.15) is 20.3 Å². The van der Waals surface area contributed by atoms with Crippen LogP contribution in [0.25, 0.3) is 0 Å². The maximum Gasteiger partial charge on any atom is 0.00816 e. The first-order valence-corrected chi connectivity index (χ1v) is 2.68. The first kappa shape index (κ1) is 7.10. The maximum atomic E-state index is 4.93. The summed E-state index contributed by atoms with van der Waals surface area (Å²) in [6.07, 6.45) is 7.81. The molecule has 0 radical (unpaired) electrons. The van der Waals surface area contributed by atoms with E-state index in [0.29, 0.717) is 0 Å². The fraction of sp³-hybridized carbons (Fsp3) is 0.429. The van der Waals surface area contributed by atoms with Gasteiger partial charge in [-0.05, 0) is 13.3 Å². The zero-order valence-electron chi connectivity index (χ0n) is 5.36. The molecule has 0 amide bonds. The molecule has 0 spiro atoms. The molecule has 0 fully saturated rings. The molecule has 0 aliphatic rings. The van der Waals surface area contributed by atoms with E-state index in [1.54, 1.807) is 0 Å². The molecule has 44 valence electrons. The van der Waals surface area contributed by atoms with Crippen LogP contribution >= 0.6 is 0 Å². The van der Waals surface area contributed by atoms with E-state index in [0.717, 1.165) is 6.42 Å². The highest BCUT2D eigenvalue weighted by atomic mass is 14.8. The van der Waals surface area contributed by atoms with Crippen molar-refractivity contribution in [2.24, 2.45) is 0 Å². The van der Waals surface area contributed by atoms with Crippen molar-refractivity contribution in [1.29, 1.82) is 0 Å². The first-order chi connectivity index (χ1) is 3.81. The van der Waals surface area contributed by atoms with Gasteiger partial charge in [0.1, 0.15) is 0 Å². The predicted molar refractivity (Wildman–Crippen MR) is 36.0 cm³/mol. The third-order valence-corrected chi connectivity index (χ3v) is 0.960. The summed E-state index contributed by atoms with van der Waals surface area (Å²) in [6, 6.07) is 2.31. The van der Waals surface area contributed by atoms with E-state index in [1.807, 2.05) is 13.1 Å². The highest BCUT2D eigenvalue weighted by molar-refractivity contribution is 4.99. The van der Waals surface area contributed by atoms with Gasteiger partial charge in [-0.1, -0.05) is 18.9 Å². The average Bonchev–Trinajstić information content (AvgIpc) is 1.83. The Labute approximate surface area is 50.8 Å². The van der Waals surface area contributed by atoms with Gasteiger partial charge in [0.15, 0.2) is 0 Å². The van der Waals surface area contributed by atoms with Crippen molar-refractivity contribution in [2.75, 3.05) is 0 Å². The molecule has 0 aliphatic heterocycles. The van der Waals surface area contributed by atoms with Crippen LogP contribution in [-0.2, 0) is 0 Å². The summed E-state index contributed by atoms with van der Waals surface area (Å²) in [6.45, 7) is 4.12. The van der Waals surface area contributed by atoms with E-state index in [4.69, 9.17) is 6.42 Å². The molecule has 0 bridgehead atoms.